The maximum Gasteiger partial charge on any atom is 0.0504 e. The molecule has 0 bridgehead atoms. The molecule has 2 atom stereocenters. The molecule has 1 aromatic rings. The Morgan fingerprint density at radius 3 is 2.79 bits per heavy atom. The lowest BCUT2D eigenvalue weighted by Gasteiger charge is -2.34. The Morgan fingerprint density at radius 1 is 1.37 bits per heavy atom. The lowest BCUT2D eigenvalue weighted by Crippen LogP contribution is -2.36. The van der Waals surface area contributed by atoms with Crippen LogP contribution in [-0.2, 0) is 6.54 Å². The first-order valence-electron chi connectivity index (χ1n) is 6.59. The SMILES string of the molecule is CN(Cc1cc(Br)cc(Br)c1N)C1CCCC(S)C1. The fourth-order valence-corrected chi connectivity index (χ4v) is 4.45. The summed E-state index contributed by atoms with van der Waals surface area (Å²) in [7, 11) is 2.19. The van der Waals surface area contributed by atoms with Crippen LogP contribution in [0.2, 0.25) is 0 Å². The van der Waals surface area contributed by atoms with Gasteiger partial charge in [-0.2, -0.15) is 12.6 Å². The summed E-state index contributed by atoms with van der Waals surface area (Å²) in [5, 5.41) is 0.549. The molecule has 2 nitrogen and oxygen atoms in total. The topological polar surface area (TPSA) is 29.3 Å². The molecule has 0 spiro atoms. The summed E-state index contributed by atoms with van der Waals surface area (Å²) in [5.74, 6) is 0. The van der Waals surface area contributed by atoms with Gasteiger partial charge in [0.2, 0.25) is 0 Å². The first-order chi connectivity index (χ1) is 8.97. The van der Waals surface area contributed by atoms with E-state index in [1.165, 1.54) is 31.2 Å². The van der Waals surface area contributed by atoms with Gasteiger partial charge in [-0.25, -0.2) is 0 Å². The fourth-order valence-electron chi connectivity index (χ4n) is 2.71. The van der Waals surface area contributed by atoms with Gasteiger partial charge in [-0.3, -0.25) is 4.90 Å². The van der Waals surface area contributed by atoms with Crippen LogP contribution in [-0.4, -0.2) is 23.2 Å². The average molecular weight is 408 g/mol. The summed E-state index contributed by atoms with van der Waals surface area (Å²) in [6, 6.07) is 4.72. The zero-order chi connectivity index (χ0) is 14.0. The van der Waals surface area contributed by atoms with Gasteiger partial charge in [-0.05, 0) is 59.9 Å². The standard InChI is InChI=1S/C14H20Br2N2S/c1-18(11-3-2-4-12(19)7-11)8-9-5-10(15)6-13(16)14(9)17/h5-6,11-12,19H,2-4,7-8,17H2,1H3. The van der Waals surface area contributed by atoms with Gasteiger partial charge < -0.3 is 5.73 Å². The predicted octanol–water partition coefficient (Wildman–Crippen LogP) is 4.47. The first kappa shape index (κ1) is 15.7. The van der Waals surface area contributed by atoms with E-state index in [-0.39, 0.29) is 0 Å². The van der Waals surface area contributed by atoms with E-state index in [9.17, 15) is 0 Å². The van der Waals surface area contributed by atoms with E-state index in [0.29, 0.717) is 11.3 Å². The zero-order valence-electron chi connectivity index (χ0n) is 11.1. The molecule has 0 aliphatic heterocycles. The van der Waals surface area contributed by atoms with Gasteiger partial charge in [-0.15, -0.1) is 0 Å². The van der Waals surface area contributed by atoms with Crippen LogP contribution in [0.4, 0.5) is 5.69 Å². The van der Waals surface area contributed by atoms with Crippen molar-refractivity contribution in [3.63, 3.8) is 0 Å². The van der Waals surface area contributed by atoms with Crippen molar-refractivity contribution >= 4 is 50.2 Å². The van der Waals surface area contributed by atoms with Crippen LogP contribution in [0.15, 0.2) is 21.1 Å². The van der Waals surface area contributed by atoms with Crippen molar-refractivity contribution in [1.29, 1.82) is 0 Å². The van der Waals surface area contributed by atoms with Crippen molar-refractivity contribution in [2.75, 3.05) is 12.8 Å². The molecule has 1 aliphatic carbocycles. The lowest BCUT2D eigenvalue weighted by molar-refractivity contribution is 0.188. The molecule has 106 valence electrons. The van der Waals surface area contributed by atoms with Gasteiger partial charge in [0, 0.05) is 26.8 Å². The Bertz CT molecular complexity index is 453. The summed E-state index contributed by atoms with van der Waals surface area (Å²) in [4.78, 5) is 2.41. The molecular formula is C14H20Br2N2S. The van der Waals surface area contributed by atoms with Crippen LogP contribution < -0.4 is 5.73 Å². The zero-order valence-corrected chi connectivity index (χ0v) is 15.1. The average Bonchev–Trinajstić information content (AvgIpc) is 2.35. The highest BCUT2D eigenvalue weighted by atomic mass is 79.9. The Balaban J connectivity index is 2.08. The van der Waals surface area contributed by atoms with Crippen molar-refractivity contribution in [3.8, 4) is 0 Å². The number of hydrogen-bond donors (Lipinski definition) is 2. The highest BCUT2D eigenvalue weighted by Gasteiger charge is 2.23. The van der Waals surface area contributed by atoms with Crippen LogP contribution in [0, 0.1) is 0 Å². The first-order valence-corrected chi connectivity index (χ1v) is 8.69. The number of nitrogens with zero attached hydrogens (tertiary/aromatic N) is 1. The minimum Gasteiger partial charge on any atom is -0.398 e. The number of anilines is 1. The molecule has 5 heteroatoms. The number of rotatable bonds is 3. The van der Waals surface area contributed by atoms with Crippen LogP contribution in [0.1, 0.15) is 31.2 Å². The van der Waals surface area contributed by atoms with Gasteiger partial charge in [0.1, 0.15) is 0 Å². The Labute approximate surface area is 137 Å². The predicted molar refractivity (Wildman–Crippen MR) is 92.8 cm³/mol. The summed E-state index contributed by atoms with van der Waals surface area (Å²) < 4.78 is 2.02. The van der Waals surface area contributed by atoms with Gasteiger partial charge >= 0.3 is 0 Å². The van der Waals surface area contributed by atoms with Crippen LogP contribution >= 0.6 is 44.5 Å². The second-order valence-electron chi connectivity index (χ2n) is 5.35. The van der Waals surface area contributed by atoms with Crippen molar-refractivity contribution in [3.05, 3.63) is 26.6 Å². The van der Waals surface area contributed by atoms with E-state index in [4.69, 9.17) is 5.73 Å². The third-order valence-electron chi connectivity index (χ3n) is 3.84. The van der Waals surface area contributed by atoms with Crippen molar-refractivity contribution in [1.82, 2.24) is 4.90 Å². The van der Waals surface area contributed by atoms with E-state index in [2.05, 4.69) is 62.5 Å². The number of halogens is 2. The summed E-state index contributed by atoms with van der Waals surface area (Å²) in [6.45, 7) is 0.884. The quantitative estimate of drug-likeness (QED) is 0.571. The lowest BCUT2D eigenvalue weighted by atomic mass is 9.93. The molecule has 2 rings (SSSR count). The summed E-state index contributed by atoms with van der Waals surface area (Å²) >= 11 is 11.7. The largest absolute Gasteiger partial charge is 0.398 e. The molecule has 19 heavy (non-hydrogen) atoms. The third-order valence-corrected chi connectivity index (χ3v) is 5.42. The van der Waals surface area contributed by atoms with Crippen molar-refractivity contribution in [2.45, 2.75) is 43.5 Å². The van der Waals surface area contributed by atoms with E-state index in [1.54, 1.807) is 0 Å². The Kier molecular flexibility index (Phi) is 5.64. The third kappa shape index (κ3) is 4.13. The molecule has 2 N–H and O–H groups in total. The van der Waals surface area contributed by atoms with Crippen LogP contribution in [0.3, 0.4) is 0 Å². The molecule has 0 saturated heterocycles. The molecule has 1 aliphatic rings. The van der Waals surface area contributed by atoms with Gasteiger partial charge in [0.05, 0.1) is 5.69 Å². The smallest absolute Gasteiger partial charge is 0.0504 e. The number of hydrogen-bond acceptors (Lipinski definition) is 3. The second kappa shape index (κ2) is 6.83. The highest BCUT2D eigenvalue weighted by Crippen LogP contribution is 2.31. The number of nitrogen functional groups attached to an aromatic ring is 1. The van der Waals surface area contributed by atoms with Crippen LogP contribution in [0.25, 0.3) is 0 Å². The molecule has 2 unspecified atom stereocenters. The maximum atomic E-state index is 6.15. The van der Waals surface area contributed by atoms with Gasteiger partial charge in [-0.1, -0.05) is 22.4 Å². The minimum atomic E-state index is 0.549. The number of benzene rings is 1. The monoisotopic (exact) mass is 406 g/mol. The summed E-state index contributed by atoms with van der Waals surface area (Å²) in [5.41, 5.74) is 8.16. The molecule has 0 aromatic heterocycles. The molecule has 1 saturated carbocycles. The van der Waals surface area contributed by atoms with E-state index < -0.39 is 0 Å². The van der Waals surface area contributed by atoms with Crippen LogP contribution in [0.5, 0.6) is 0 Å². The van der Waals surface area contributed by atoms with Crippen molar-refractivity contribution in [2.24, 2.45) is 0 Å². The fraction of sp³-hybridized carbons (Fsp3) is 0.571. The number of nitrogens with two attached hydrogens (primary N) is 1. The van der Waals surface area contributed by atoms with E-state index in [1.807, 2.05) is 6.07 Å². The Morgan fingerprint density at radius 2 is 2.11 bits per heavy atom. The molecule has 1 fully saturated rings. The summed E-state index contributed by atoms with van der Waals surface area (Å²) in [6.07, 6.45) is 4.97. The number of thiol groups is 1. The molecule has 1 aromatic carbocycles. The highest BCUT2D eigenvalue weighted by molar-refractivity contribution is 9.11. The van der Waals surface area contributed by atoms with Gasteiger partial charge in [0.15, 0.2) is 0 Å². The van der Waals surface area contributed by atoms with Crippen molar-refractivity contribution < 1.29 is 0 Å². The van der Waals surface area contributed by atoms with Gasteiger partial charge in [0.25, 0.3) is 0 Å². The maximum absolute atomic E-state index is 6.15. The molecule has 0 amide bonds. The normalized spacial score (nSPS) is 23.8. The van der Waals surface area contributed by atoms with E-state index in [0.717, 1.165) is 21.2 Å². The minimum absolute atomic E-state index is 0.549. The molecule has 0 radical (unpaired) electrons. The second-order valence-corrected chi connectivity index (χ2v) is 7.85. The molecular weight excluding hydrogens is 388 g/mol. The van der Waals surface area contributed by atoms with E-state index >= 15 is 0 Å². The Hall–Kier alpha value is 0.290. The molecule has 0 heterocycles.